The van der Waals surface area contributed by atoms with Crippen LogP contribution in [0.15, 0.2) is 41.4 Å². The van der Waals surface area contributed by atoms with Crippen LogP contribution in [-0.2, 0) is 4.79 Å². The van der Waals surface area contributed by atoms with Gasteiger partial charge < -0.3 is 10.4 Å². The van der Waals surface area contributed by atoms with E-state index in [1.54, 1.807) is 30.3 Å². The van der Waals surface area contributed by atoms with Crippen molar-refractivity contribution in [1.82, 2.24) is 0 Å². The molecule has 0 fully saturated rings. The minimum atomic E-state index is -0.0751. The van der Waals surface area contributed by atoms with E-state index in [1.807, 2.05) is 6.92 Å². The SMILES string of the molecule is CCCCC(=O)Nc1cccc(N=Cc2cc(Cl)cc(Cl)c2O)c1. The normalized spacial score (nSPS) is 11.0. The smallest absolute Gasteiger partial charge is 0.224 e. The molecule has 1 amide bonds. The van der Waals surface area contributed by atoms with Crippen LogP contribution >= 0.6 is 23.2 Å². The number of unbranched alkanes of at least 4 members (excludes halogenated alkanes) is 1. The van der Waals surface area contributed by atoms with Crippen LogP contribution < -0.4 is 5.32 Å². The maximum absolute atomic E-state index is 11.8. The van der Waals surface area contributed by atoms with E-state index in [1.165, 1.54) is 12.3 Å². The third-order valence-corrected chi connectivity index (χ3v) is 3.80. The van der Waals surface area contributed by atoms with Crippen molar-refractivity contribution < 1.29 is 9.90 Å². The summed E-state index contributed by atoms with van der Waals surface area (Å²) in [7, 11) is 0. The number of nitrogens with zero attached hydrogens (tertiary/aromatic N) is 1. The Kier molecular flexibility index (Phi) is 6.64. The van der Waals surface area contributed by atoms with E-state index in [2.05, 4.69) is 10.3 Å². The van der Waals surface area contributed by atoms with Gasteiger partial charge in [0.25, 0.3) is 0 Å². The number of carbonyl (C=O) groups excluding carboxylic acids is 1. The molecule has 0 bridgehead atoms. The lowest BCUT2D eigenvalue weighted by molar-refractivity contribution is -0.116. The van der Waals surface area contributed by atoms with Gasteiger partial charge in [-0.25, -0.2) is 0 Å². The van der Waals surface area contributed by atoms with Crippen molar-refractivity contribution in [3.05, 3.63) is 52.0 Å². The predicted molar refractivity (Wildman–Crippen MR) is 100.0 cm³/mol. The molecular weight excluding hydrogens is 347 g/mol. The second-order valence-electron chi connectivity index (χ2n) is 5.29. The van der Waals surface area contributed by atoms with Gasteiger partial charge in [0, 0.05) is 28.9 Å². The summed E-state index contributed by atoms with van der Waals surface area (Å²) in [5.74, 6) is -0.0916. The molecule has 2 N–H and O–H groups in total. The number of rotatable bonds is 6. The molecule has 0 aromatic heterocycles. The molecule has 2 aromatic carbocycles. The van der Waals surface area contributed by atoms with Crippen molar-refractivity contribution in [2.24, 2.45) is 4.99 Å². The number of aromatic hydroxyl groups is 1. The molecule has 0 radical (unpaired) electrons. The van der Waals surface area contributed by atoms with Gasteiger partial charge >= 0.3 is 0 Å². The van der Waals surface area contributed by atoms with Crippen LogP contribution in [-0.4, -0.2) is 17.2 Å². The number of hydrogen-bond acceptors (Lipinski definition) is 3. The van der Waals surface area contributed by atoms with E-state index in [-0.39, 0.29) is 16.7 Å². The lowest BCUT2D eigenvalue weighted by Gasteiger charge is -2.05. The molecule has 0 aliphatic carbocycles. The molecule has 2 rings (SSSR count). The van der Waals surface area contributed by atoms with Crippen molar-refractivity contribution in [2.75, 3.05) is 5.32 Å². The molecule has 4 nitrogen and oxygen atoms in total. The first-order chi connectivity index (χ1) is 11.5. The van der Waals surface area contributed by atoms with Crippen LogP contribution in [0.2, 0.25) is 10.0 Å². The summed E-state index contributed by atoms with van der Waals surface area (Å²) in [6.45, 7) is 2.04. The van der Waals surface area contributed by atoms with E-state index in [9.17, 15) is 9.90 Å². The van der Waals surface area contributed by atoms with Crippen molar-refractivity contribution in [2.45, 2.75) is 26.2 Å². The van der Waals surface area contributed by atoms with Gasteiger partial charge in [0.1, 0.15) is 5.75 Å². The van der Waals surface area contributed by atoms with Crippen molar-refractivity contribution in [3.63, 3.8) is 0 Å². The van der Waals surface area contributed by atoms with Gasteiger partial charge in [-0.2, -0.15) is 0 Å². The summed E-state index contributed by atoms with van der Waals surface area (Å²) in [5, 5.41) is 13.3. The number of amides is 1. The van der Waals surface area contributed by atoms with E-state index >= 15 is 0 Å². The molecule has 126 valence electrons. The highest BCUT2D eigenvalue weighted by Gasteiger charge is 2.06. The molecule has 24 heavy (non-hydrogen) atoms. The van der Waals surface area contributed by atoms with Gasteiger partial charge in [-0.3, -0.25) is 9.79 Å². The quantitative estimate of drug-likeness (QED) is 0.657. The van der Waals surface area contributed by atoms with Gasteiger partial charge in [0.05, 0.1) is 10.7 Å². The number of aliphatic imine (C=N–C) groups is 1. The number of nitrogens with one attached hydrogen (secondary N) is 1. The predicted octanol–water partition coefficient (Wildman–Crippen LogP) is 5.58. The zero-order chi connectivity index (χ0) is 17.5. The molecule has 0 saturated heterocycles. The van der Waals surface area contributed by atoms with Crippen LogP contribution in [0.4, 0.5) is 11.4 Å². The van der Waals surface area contributed by atoms with Gasteiger partial charge in [-0.15, -0.1) is 0 Å². The number of phenols is 1. The Balaban J connectivity index is 2.13. The third-order valence-electron chi connectivity index (χ3n) is 3.30. The Morgan fingerprint density at radius 2 is 2.08 bits per heavy atom. The van der Waals surface area contributed by atoms with Crippen LogP contribution in [0.25, 0.3) is 0 Å². The second-order valence-corrected chi connectivity index (χ2v) is 6.13. The minimum Gasteiger partial charge on any atom is -0.506 e. The van der Waals surface area contributed by atoms with E-state index in [0.717, 1.165) is 12.8 Å². The highest BCUT2D eigenvalue weighted by atomic mass is 35.5. The lowest BCUT2D eigenvalue weighted by atomic mass is 10.2. The Morgan fingerprint density at radius 1 is 1.29 bits per heavy atom. The Hall–Kier alpha value is -2.04. The third kappa shape index (κ3) is 5.25. The molecule has 0 unspecified atom stereocenters. The number of hydrogen-bond donors (Lipinski definition) is 2. The Morgan fingerprint density at radius 3 is 2.83 bits per heavy atom. The van der Waals surface area contributed by atoms with Crippen molar-refractivity contribution in [1.29, 1.82) is 0 Å². The fourth-order valence-electron chi connectivity index (χ4n) is 2.05. The Labute approximate surface area is 151 Å². The Bertz CT molecular complexity index is 761. The summed E-state index contributed by atoms with van der Waals surface area (Å²) in [5.41, 5.74) is 1.74. The summed E-state index contributed by atoms with van der Waals surface area (Å²) in [4.78, 5) is 16.1. The molecule has 6 heteroatoms. The van der Waals surface area contributed by atoms with E-state index in [0.29, 0.717) is 28.4 Å². The topological polar surface area (TPSA) is 61.7 Å². The van der Waals surface area contributed by atoms with Crippen LogP contribution in [0.1, 0.15) is 31.7 Å². The zero-order valence-corrected chi connectivity index (χ0v) is 14.7. The molecule has 0 heterocycles. The van der Waals surface area contributed by atoms with Crippen molar-refractivity contribution >= 4 is 46.7 Å². The number of carbonyl (C=O) groups is 1. The highest BCUT2D eigenvalue weighted by Crippen LogP contribution is 2.30. The summed E-state index contributed by atoms with van der Waals surface area (Å²) in [6.07, 6.45) is 3.81. The first-order valence-electron chi connectivity index (χ1n) is 7.61. The van der Waals surface area contributed by atoms with E-state index in [4.69, 9.17) is 23.2 Å². The van der Waals surface area contributed by atoms with Crippen LogP contribution in [0, 0.1) is 0 Å². The average Bonchev–Trinajstić information content (AvgIpc) is 2.55. The fraction of sp³-hybridized carbons (Fsp3) is 0.222. The number of phenolic OH excluding ortho intramolecular Hbond substituents is 1. The maximum atomic E-state index is 11.8. The zero-order valence-electron chi connectivity index (χ0n) is 13.2. The molecule has 0 atom stereocenters. The fourth-order valence-corrected chi connectivity index (χ4v) is 2.56. The van der Waals surface area contributed by atoms with Gasteiger partial charge in [0.2, 0.25) is 5.91 Å². The maximum Gasteiger partial charge on any atom is 0.224 e. The largest absolute Gasteiger partial charge is 0.506 e. The number of benzene rings is 2. The summed E-state index contributed by atoms with van der Waals surface area (Å²) >= 11 is 11.8. The number of halogens is 2. The second kappa shape index (κ2) is 8.71. The standard InChI is InChI=1S/C18H18Cl2N2O2/c1-2-3-7-17(23)22-15-6-4-5-14(10-15)21-11-12-8-13(19)9-16(20)18(12)24/h4-6,8-11,24H,2-3,7H2,1H3,(H,22,23). The summed E-state index contributed by atoms with van der Waals surface area (Å²) in [6, 6.07) is 10.2. The van der Waals surface area contributed by atoms with Gasteiger partial charge in [-0.1, -0.05) is 42.6 Å². The lowest BCUT2D eigenvalue weighted by Crippen LogP contribution is -2.10. The summed E-state index contributed by atoms with van der Waals surface area (Å²) < 4.78 is 0. The molecule has 0 aliphatic heterocycles. The first-order valence-corrected chi connectivity index (χ1v) is 8.37. The average molecular weight is 365 g/mol. The molecule has 0 saturated carbocycles. The molecule has 0 aliphatic rings. The molecule has 2 aromatic rings. The monoisotopic (exact) mass is 364 g/mol. The molecular formula is C18H18Cl2N2O2. The van der Waals surface area contributed by atoms with Gasteiger partial charge in [0.15, 0.2) is 0 Å². The number of anilines is 1. The minimum absolute atomic E-state index is 0.0164. The molecule has 0 spiro atoms. The van der Waals surface area contributed by atoms with E-state index < -0.39 is 0 Å². The van der Waals surface area contributed by atoms with Crippen LogP contribution in [0.3, 0.4) is 0 Å². The van der Waals surface area contributed by atoms with Crippen molar-refractivity contribution in [3.8, 4) is 5.75 Å². The highest BCUT2D eigenvalue weighted by molar-refractivity contribution is 6.36. The van der Waals surface area contributed by atoms with Gasteiger partial charge in [-0.05, 0) is 36.8 Å². The van der Waals surface area contributed by atoms with Crippen LogP contribution in [0.5, 0.6) is 5.75 Å². The first kappa shape index (κ1) is 18.3.